The number of carbonyl (C=O) groups excluding carboxylic acids is 1. The van der Waals surface area contributed by atoms with Crippen molar-refractivity contribution >= 4 is 20.7 Å². The van der Waals surface area contributed by atoms with Crippen LogP contribution in [0.3, 0.4) is 0 Å². The summed E-state index contributed by atoms with van der Waals surface area (Å²) < 4.78 is 17.1. The molecule has 0 aromatic carbocycles. The highest BCUT2D eigenvalue weighted by Gasteiger charge is 2.45. The van der Waals surface area contributed by atoms with E-state index in [4.69, 9.17) is 13.3 Å². The Balaban J connectivity index is 2.85. The molecule has 0 aromatic rings. The Hall–Kier alpha value is -1.22. The molecule has 0 aromatic heterocycles. The summed E-state index contributed by atoms with van der Waals surface area (Å²) in [5.41, 5.74) is 1.06. The first-order valence-corrected chi connectivity index (χ1v) is 13.1. The van der Waals surface area contributed by atoms with Crippen LogP contribution in [0, 0.1) is 29.6 Å². The Morgan fingerprint density at radius 2 is 1.80 bits per heavy atom. The van der Waals surface area contributed by atoms with Gasteiger partial charge in [0.25, 0.3) is 0 Å². The van der Waals surface area contributed by atoms with Crippen molar-refractivity contribution in [1.82, 2.24) is 5.32 Å². The molecular weight excluding hydrogens is 402 g/mol. The average Bonchev–Trinajstić information content (AvgIpc) is 2.66. The van der Waals surface area contributed by atoms with Crippen LogP contribution in [-0.2, 0) is 22.9 Å². The summed E-state index contributed by atoms with van der Waals surface area (Å²) in [6.45, 7) is 13.3. The van der Waals surface area contributed by atoms with Crippen LogP contribution in [-0.4, -0.2) is 52.7 Å². The zero-order valence-electron chi connectivity index (χ0n) is 19.7. The zero-order chi connectivity index (χ0) is 22.9. The fourth-order valence-electron chi connectivity index (χ4n) is 4.42. The van der Waals surface area contributed by atoms with Crippen molar-refractivity contribution in [2.24, 2.45) is 29.6 Å². The molecule has 1 amide bonds. The molecule has 4 unspecified atom stereocenters. The summed E-state index contributed by atoms with van der Waals surface area (Å²) in [4.78, 5) is 25.2. The van der Waals surface area contributed by atoms with E-state index < -0.39 is 26.6 Å². The first-order valence-electron chi connectivity index (χ1n) is 11.1. The van der Waals surface area contributed by atoms with E-state index in [1.54, 1.807) is 7.11 Å². The van der Waals surface area contributed by atoms with Crippen molar-refractivity contribution in [3.63, 3.8) is 0 Å². The van der Waals surface area contributed by atoms with Crippen molar-refractivity contribution in [1.29, 1.82) is 0 Å². The first kappa shape index (κ1) is 26.8. The Labute approximate surface area is 182 Å². The maximum absolute atomic E-state index is 13.1. The molecule has 1 rings (SSSR count). The SMILES string of the molecule is CCO[Si](CCCNC(=O)C1C(CC(C)C)C=C(C)C(C)C1C(=O)O)(OC)OCC. The number of allylic oxidation sites excluding steroid dienone is 2. The average molecular weight is 444 g/mol. The van der Waals surface area contributed by atoms with Gasteiger partial charge in [0, 0.05) is 32.9 Å². The highest BCUT2D eigenvalue weighted by molar-refractivity contribution is 6.60. The van der Waals surface area contributed by atoms with Gasteiger partial charge in [-0.2, -0.15) is 0 Å². The van der Waals surface area contributed by atoms with E-state index in [0.29, 0.717) is 38.1 Å². The molecule has 2 N–H and O–H groups in total. The number of carbonyl (C=O) groups is 2. The predicted octanol–water partition coefficient (Wildman–Crippen LogP) is 3.73. The van der Waals surface area contributed by atoms with Crippen molar-refractivity contribution in [2.75, 3.05) is 26.9 Å². The van der Waals surface area contributed by atoms with E-state index in [-0.39, 0.29) is 17.7 Å². The number of carboxylic acids is 1. The lowest BCUT2D eigenvalue weighted by molar-refractivity contribution is -0.151. The molecule has 0 saturated carbocycles. The van der Waals surface area contributed by atoms with Crippen LogP contribution in [0.4, 0.5) is 0 Å². The normalized spacial score (nSPS) is 24.6. The molecule has 0 saturated heterocycles. The monoisotopic (exact) mass is 443 g/mol. The zero-order valence-corrected chi connectivity index (χ0v) is 20.7. The van der Waals surface area contributed by atoms with Crippen LogP contribution in [0.25, 0.3) is 0 Å². The van der Waals surface area contributed by atoms with Gasteiger partial charge in [-0.25, -0.2) is 0 Å². The molecular formula is C22H41NO6Si. The van der Waals surface area contributed by atoms with Gasteiger partial charge >= 0.3 is 14.8 Å². The standard InChI is InChI=1S/C22H41NO6Si/c1-8-28-30(27-7,29-9-2)12-10-11-23-21(24)20-18(13-15(3)4)14-16(5)17(6)19(20)22(25)26/h14-15,17-20H,8-13H2,1-7H3,(H,23,24)(H,25,26). The molecule has 0 spiro atoms. The minimum absolute atomic E-state index is 0.0680. The highest BCUT2D eigenvalue weighted by atomic mass is 28.4. The minimum atomic E-state index is -2.72. The highest BCUT2D eigenvalue weighted by Crippen LogP contribution is 2.41. The van der Waals surface area contributed by atoms with E-state index >= 15 is 0 Å². The third-order valence-corrected chi connectivity index (χ3v) is 8.96. The Morgan fingerprint density at radius 3 is 2.27 bits per heavy atom. The van der Waals surface area contributed by atoms with E-state index in [1.807, 2.05) is 27.7 Å². The first-order chi connectivity index (χ1) is 14.1. The molecule has 1 aliphatic carbocycles. The van der Waals surface area contributed by atoms with Gasteiger partial charge in [-0.15, -0.1) is 0 Å². The molecule has 7 nitrogen and oxygen atoms in total. The third-order valence-electron chi connectivity index (χ3n) is 5.91. The molecule has 0 bridgehead atoms. The fourth-order valence-corrected chi connectivity index (χ4v) is 6.72. The summed E-state index contributed by atoms with van der Waals surface area (Å²) in [6, 6.07) is 0.601. The van der Waals surface area contributed by atoms with Crippen molar-refractivity contribution in [3.8, 4) is 0 Å². The van der Waals surface area contributed by atoms with Gasteiger partial charge in [0.05, 0.1) is 11.8 Å². The van der Waals surface area contributed by atoms with Gasteiger partial charge < -0.3 is 23.7 Å². The number of hydrogen-bond acceptors (Lipinski definition) is 5. The van der Waals surface area contributed by atoms with Crippen LogP contribution in [0.1, 0.15) is 54.4 Å². The molecule has 4 atom stereocenters. The van der Waals surface area contributed by atoms with E-state index in [9.17, 15) is 14.7 Å². The number of aliphatic carboxylic acids is 1. The van der Waals surface area contributed by atoms with E-state index in [2.05, 4.69) is 25.2 Å². The molecule has 8 heteroatoms. The van der Waals surface area contributed by atoms with Gasteiger partial charge in [-0.3, -0.25) is 9.59 Å². The summed E-state index contributed by atoms with van der Waals surface area (Å²) in [5, 5.41) is 12.9. The molecule has 0 radical (unpaired) electrons. The lowest BCUT2D eigenvalue weighted by Gasteiger charge is -2.38. The minimum Gasteiger partial charge on any atom is -0.481 e. The smallest absolute Gasteiger partial charge is 0.481 e. The van der Waals surface area contributed by atoms with Crippen LogP contribution in [0.15, 0.2) is 11.6 Å². The molecule has 0 heterocycles. The fraction of sp³-hybridized carbons (Fsp3) is 0.818. The maximum Gasteiger partial charge on any atom is 0.500 e. The molecule has 0 fully saturated rings. The Kier molecular flexibility index (Phi) is 11.2. The van der Waals surface area contributed by atoms with Crippen LogP contribution >= 0.6 is 0 Å². The summed E-state index contributed by atoms with van der Waals surface area (Å²) in [6.07, 6.45) is 3.55. The lowest BCUT2D eigenvalue weighted by atomic mass is 9.66. The Morgan fingerprint density at radius 1 is 1.20 bits per heavy atom. The quantitative estimate of drug-likeness (QED) is 0.256. The van der Waals surface area contributed by atoms with Gasteiger partial charge in [-0.1, -0.05) is 32.4 Å². The van der Waals surface area contributed by atoms with Gasteiger partial charge in [0.2, 0.25) is 5.91 Å². The maximum atomic E-state index is 13.1. The topological polar surface area (TPSA) is 94.1 Å². The molecule has 174 valence electrons. The van der Waals surface area contributed by atoms with Crippen molar-refractivity contribution < 1.29 is 28.0 Å². The number of carboxylic acid groups (broad SMARTS) is 1. The van der Waals surface area contributed by atoms with Crippen LogP contribution in [0.2, 0.25) is 6.04 Å². The van der Waals surface area contributed by atoms with Crippen LogP contribution < -0.4 is 5.32 Å². The third kappa shape index (κ3) is 7.18. The largest absolute Gasteiger partial charge is 0.500 e. The molecule has 1 aliphatic rings. The van der Waals surface area contributed by atoms with Crippen LogP contribution in [0.5, 0.6) is 0 Å². The van der Waals surface area contributed by atoms with E-state index in [1.165, 1.54) is 0 Å². The van der Waals surface area contributed by atoms with Gasteiger partial charge in [0.15, 0.2) is 0 Å². The summed E-state index contributed by atoms with van der Waals surface area (Å²) >= 11 is 0. The van der Waals surface area contributed by atoms with Crippen molar-refractivity contribution in [2.45, 2.75) is 60.4 Å². The second-order valence-corrected chi connectivity index (χ2v) is 11.4. The molecule has 30 heavy (non-hydrogen) atoms. The second-order valence-electron chi connectivity index (χ2n) is 8.53. The number of rotatable bonds is 13. The van der Waals surface area contributed by atoms with Crippen molar-refractivity contribution in [3.05, 3.63) is 11.6 Å². The lowest BCUT2D eigenvalue weighted by Crippen LogP contribution is -2.48. The predicted molar refractivity (Wildman–Crippen MR) is 119 cm³/mol. The summed E-state index contributed by atoms with van der Waals surface area (Å²) in [5.74, 6) is -2.20. The van der Waals surface area contributed by atoms with Gasteiger partial charge in [-0.05, 0) is 51.4 Å². The Bertz CT molecular complexity index is 588. The van der Waals surface area contributed by atoms with E-state index in [0.717, 1.165) is 12.0 Å². The molecule has 0 aliphatic heterocycles. The second kappa shape index (κ2) is 12.6. The number of nitrogens with one attached hydrogen (secondary N) is 1. The number of amides is 1. The number of hydrogen-bond donors (Lipinski definition) is 2. The van der Waals surface area contributed by atoms with Gasteiger partial charge in [0.1, 0.15) is 0 Å². The summed E-state index contributed by atoms with van der Waals surface area (Å²) in [7, 11) is -1.12.